The van der Waals surface area contributed by atoms with E-state index in [0.717, 1.165) is 16.7 Å². The van der Waals surface area contributed by atoms with Crippen LogP contribution in [0.15, 0.2) is 91.0 Å². The second-order valence-electron chi connectivity index (χ2n) is 8.86. The van der Waals surface area contributed by atoms with Crippen LogP contribution in [0.3, 0.4) is 0 Å². The first-order valence-electron chi connectivity index (χ1n) is 11.3. The van der Waals surface area contributed by atoms with E-state index in [1.54, 1.807) is 9.80 Å². The van der Waals surface area contributed by atoms with Gasteiger partial charge in [-0.15, -0.1) is 0 Å². The molecule has 0 bridgehead atoms. The third kappa shape index (κ3) is 4.99. The molecule has 170 valence electrons. The highest BCUT2D eigenvalue weighted by molar-refractivity contribution is 5.93. The molecule has 0 aromatic heterocycles. The maximum atomic E-state index is 13.9. The summed E-state index contributed by atoms with van der Waals surface area (Å²) in [5.74, 6) is -0.290. The first-order chi connectivity index (χ1) is 16.0. The van der Waals surface area contributed by atoms with E-state index in [2.05, 4.69) is 0 Å². The molecule has 1 aliphatic rings. The fourth-order valence-corrected chi connectivity index (χ4v) is 4.58. The van der Waals surface area contributed by atoms with Crippen LogP contribution < -0.4 is 0 Å². The SMILES string of the molecule is C[C@@H](c1ccccc1)N1C[C@](CO)(C(=O)N(Cc2ccccc2)Cc2ccccc2)CC1=O. The summed E-state index contributed by atoms with van der Waals surface area (Å²) < 4.78 is 0. The van der Waals surface area contributed by atoms with Crippen molar-refractivity contribution in [2.45, 2.75) is 32.5 Å². The van der Waals surface area contributed by atoms with Crippen molar-refractivity contribution in [3.05, 3.63) is 108 Å². The lowest BCUT2D eigenvalue weighted by molar-refractivity contribution is -0.146. The maximum Gasteiger partial charge on any atom is 0.234 e. The normalized spacial score (nSPS) is 18.8. The maximum absolute atomic E-state index is 13.9. The monoisotopic (exact) mass is 442 g/mol. The fourth-order valence-electron chi connectivity index (χ4n) is 4.58. The molecular formula is C28H30N2O3. The van der Waals surface area contributed by atoms with Gasteiger partial charge in [0.2, 0.25) is 11.8 Å². The average Bonchev–Trinajstić information content (AvgIpc) is 3.22. The van der Waals surface area contributed by atoms with Crippen molar-refractivity contribution >= 4 is 11.8 Å². The molecule has 1 fully saturated rings. The third-order valence-corrected chi connectivity index (χ3v) is 6.51. The van der Waals surface area contributed by atoms with E-state index >= 15 is 0 Å². The highest BCUT2D eigenvalue weighted by Gasteiger charge is 2.51. The van der Waals surface area contributed by atoms with Gasteiger partial charge in [-0.05, 0) is 23.6 Å². The van der Waals surface area contributed by atoms with Gasteiger partial charge in [-0.1, -0.05) is 91.0 Å². The Labute approximate surface area is 195 Å². The Kier molecular flexibility index (Phi) is 6.90. The van der Waals surface area contributed by atoms with E-state index in [-0.39, 0.29) is 37.4 Å². The van der Waals surface area contributed by atoms with Gasteiger partial charge in [0.25, 0.3) is 0 Å². The summed E-state index contributed by atoms with van der Waals surface area (Å²) in [6.07, 6.45) is 0.0135. The van der Waals surface area contributed by atoms with Crippen LogP contribution in [-0.2, 0) is 22.7 Å². The zero-order valence-electron chi connectivity index (χ0n) is 18.9. The van der Waals surface area contributed by atoms with Crippen molar-refractivity contribution < 1.29 is 14.7 Å². The van der Waals surface area contributed by atoms with Crippen LogP contribution in [0, 0.1) is 5.41 Å². The van der Waals surface area contributed by atoms with Gasteiger partial charge < -0.3 is 14.9 Å². The van der Waals surface area contributed by atoms with Crippen molar-refractivity contribution in [3.63, 3.8) is 0 Å². The smallest absolute Gasteiger partial charge is 0.234 e. The van der Waals surface area contributed by atoms with Crippen molar-refractivity contribution in [1.82, 2.24) is 9.80 Å². The molecule has 3 aromatic rings. The largest absolute Gasteiger partial charge is 0.395 e. The number of likely N-dealkylation sites (tertiary alicyclic amines) is 1. The van der Waals surface area contributed by atoms with Gasteiger partial charge in [-0.3, -0.25) is 9.59 Å². The molecule has 4 rings (SSSR count). The van der Waals surface area contributed by atoms with Crippen LogP contribution in [0.4, 0.5) is 0 Å². The predicted molar refractivity (Wildman–Crippen MR) is 128 cm³/mol. The molecule has 0 radical (unpaired) electrons. The Morgan fingerprint density at radius 1 is 0.909 bits per heavy atom. The molecule has 1 heterocycles. The van der Waals surface area contributed by atoms with Crippen molar-refractivity contribution in [1.29, 1.82) is 0 Å². The summed E-state index contributed by atoms with van der Waals surface area (Å²) in [5.41, 5.74) is 1.88. The number of rotatable bonds is 8. The van der Waals surface area contributed by atoms with E-state index in [9.17, 15) is 14.7 Å². The van der Waals surface area contributed by atoms with Gasteiger partial charge >= 0.3 is 0 Å². The minimum atomic E-state index is -1.15. The molecule has 2 amide bonds. The fraction of sp³-hybridized carbons (Fsp3) is 0.286. The van der Waals surface area contributed by atoms with Gasteiger partial charge in [0, 0.05) is 26.1 Å². The molecule has 1 aliphatic heterocycles. The summed E-state index contributed by atoms with van der Waals surface area (Å²) in [6.45, 7) is 2.64. The molecule has 5 nitrogen and oxygen atoms in total. The topological polar surface area (TPSA) is 60.9 Å². The zero-order chi connectivity index (χ0) is 23.3. The molecule has 0 spiro atoms. The zero-order valence-corrected chi connectivity index (χ0v) is 18.9. The molecule has 0 saturated carbocycles. The molecule has 2 atom stereocenters. The van der Waals surface area contributed by atoms with E-state index in [1.165, 1.54) is 0 Å². The highest BCUT2D eigenvalue weighted by atomic mass is 16.3. The van der Waals surface area contributed by atoms with Crippen molar-refractivity contribution in [2.75, 3.05) is 13.2 Å². The predicted octanol–water partition coefficient (Wildman–Crippen LogP) is 4.19. The molecule has 0 unspecified atom stereocenters. The van der Waals surface area contributed by atoms with Crippen molar-refractivity contribution in [3.8, 4) is 0 Å². The van der Waals surface area contributed by atoms with E-state index in [0.29, 0.717) is 13.1 Å². The number of benzene rings is 3. The minimum absolute atomic E-state index is 0.0135. The minimum Gasteiger partial charge on any atom is -0.395 e. The lowest BCUT2D eigenvalue weighted by Gasteiger charge is -2.34. The van der Waals surface area contributed by atoms with Crippen LogP contribution in [0.25, 0.3) is 0 Å². The number of hydrogen-bond donors (Lipinski definition) is 1. The molecule has 0 aliphatic carbocycles. The number of carbonyl (C=O) groups is 2. The molecule has 33 heavy (non-hydrogen) atoms. The Morgan fingerprint density at radius 3 is 1.88 bits per heavy atom. The Balaban J connectivity index is 1.61. The number of hydrogen-bond acceptors (Lipinski definition) is 3. The average molecular weight is 443 g/mol. The summed E-state index contributed by atoms with van der Waals surface area (Å²) in [4.78, 5) is 30.5. The second kappa shape index (κ2) is 10.0. The number of amides is 2. The number of carbonyl (C=O) groups excluding carboxylic acids is 2. The van der Waals surface area contributed by atoms with E-state index in [1.807, 2.05) is 97.9 Å². The Hall–Kier alpha value is -3.44. The van der Waals surface area contributed by atoms with Gasteiger partial charge in [0.15, 0.2) is 0 Å². The van der Waals surface area contributed by atoms with Crippen LogP contribution in [0.5, 0.6) is 0 Å². The van der Waals surface area contributed by atoms with Gasteiger partial charge in [-0.2, -0.15) is 0 Å². The number of aliphatic hydroxyl groups is 1. The van der Waals surface area contributed by atoms with Crippen molar-refractivity contribution in [2.24, 2.45) is 5.41 Å². The molecule has 1 N–H and O–H groups in total. The number of nitrogens with zero attached hydrogens (tertiary/aromatic N) is 2. The third-order valence-electron chi connectivity index (χ3n) is 6.51. The summed E-state index contributed by atoms with van der Waals surface area (Å²) in [5, 5.41) is 10.4. The Morgan fingerprint density at radius 2 is 1.39 bits per heavy atom. The molecule has 1 saturated heterocycles. The van der Waals surface area contributed by atoms with E-state index in [4.69, 9.17) is 0 Å². The lowest BCUT2D eigenvalue weighted by atomic mass is 9.85. The lowest BCUT2D eigenvalue weighted by Crippen LogP contribution is -2.47. The van der Waals surface area contributed by atoms with Crippen LogP contribution >= 0.6 is 0 Å². The van der Waals surface area contributed by atoms with E-state index < -0.39 is 5.41 Å². The first-order valence-corrected chi connectivity index (χ1v) is 11.3. The standard InChI is InChI=1S/C28H30N2O3/c1-22(25-15-9-4-10-16-25)30-20-28(21-31,17-26(30)32)27(33)29(18-23-11-5-2-6-12-23)19-24-13-7-3-8-14-24/h2-16,22,31H,17-21H2,1H3/t22-,28+/m0/s1. The van der Waals surface area contributed by atoms with Gasteiger partial charge in [0.1, 0.15) is 0 Å². The van der Waals surface area contributed by atoms with Crippen LogP contribution in [0.2, 0.25) is 0 Å². The second-order valence-corrected chi connectivity index (χ2v) is 8.86. The van der Waals surface area contributed by atoms with Gasteiger partial charge in [0.05, 0.1) is 18.1 Å². The molecule has 3 aromatic carbocycles. The first kappa shape index (κ1) is 22.7. The molecular weight excluding hydrogens is 412 g/mol. The number of aliphatic hydroxyl groups excluding tert-OH is 1. The molecule has 5 heteroatoms. The highest BCUT2D eigenvalue weighted by Crippen LogP contribution is 2.38. The Bertz CT molecular complexity index is 1030. The summed E-state index contributed by atoms with van der Waals surface area (Å²) in [7, 11) is 0. The van der Waals surface area contributed by atoms with Crippen LogP contribution in [0.1, 0.15) is 36.1 Å². The summed E-state index contributed by atoms with van der Waals surface area (Å²) in [6, 6.07) is 29.3. The quantitative estimate of drug-likeness (QED) is 0.569. The van der Waals surface area contributed by atoms with Crippen LogP contribution in [-0.4, -0.2) is 39.9 Å². The van der Waals surface area contributed by atoms with Gasteiger partial charge in [-0.25, -0.2) is 0 Å². The summed E-state index contributed by atoms with van der Waals surface area (Å²) >= 11 is 0.